The van der Waals surface area contributed by atoms with Crippen LogP contribution < -0.4 is 5.32 Å². The first-order valence-corrected chi connectivity index (χ1v) is 10.2. The van der Waals surface area contributed by atoms with Gasteiger partial charge in [0.15, 0.2) is 0 Å². The van der Waals surface area contributed by atoms with Crippen LogP contribution in [0.5, 0.6) is 0 Å². The Balaban J connectivity index is 1.80. The molecule has 2 heterocycles. The summed E-state index contributed by atoms with van der Waals surface area (Å²) in [5.74, 6) is -0.696. The highest BCUT2D eigenvalue weighted by atomic mass is 35.5. The summed E-state index contributed by atoms with van der Waals surface area (Å²) in [5.41, 5.74) is 1.49. The van der Waals surface area contributed by atoms with Crippen molar-refractivity contribution in [1.82, 2.24) is 25.1 Å². The molecule has 6 nitrogen and oxygen atoms in total. The first-order valence-electron chi connectivity index (χ1n) is 9.49. The molecule has 1 aliphatic heterocycles. The molecule has 156 valence electrons. The number of likely N-dealkylation sites (tertiary alicyclic amines) is 1. The molecule has 2 amide bonds. The third kappa shape index (κ3) is 4.79. The highest BCUT2D eigenvalue weighted by Gasteiger charge is 2.28. The van der Waals surface area contributed by atoms with Crippen LogP contribution in [0.1, 0.15) is 31.4 Å². The monoisotopic (exact) mass is 439 g/mol. The van der Waals surface area contributed by atoms with Gasteiger partial charge in [-0.2, -0.15) is 4.39 Å². The highest BCUT2D eigenvalue weighted by molar-refractivity contribution is 6.44. The van der Waals surface area contributed by atoms with Gasteiger partial charge in [-0.15, -0.1) is 0 Å². The predicted octanol–water partition coefficient (Wildman–Crippen LogP) is 4.39. The molecule has 0 bridgehead atoms. The van der Waals surface area contributed by atoms with Crippen LogP contribution in [0.4, 0.5) is 9.18 Å². The molecule has 29 heavy (non-hydrogen) atoms. The smallest absolute Gasteiger partial charge is 0.317 e. The second kappa shape index (κ2) is 9.24. The fourth-order valence-corrected chi connectivity index (χ4v) is 4.11. The van der Waals surface area contributed by atoms with Crippen molar-refractivity contribution in [2.24, 2.45) is 0 Å². The summed E-state index contributed by atoms with van der Waals surface area (Å²) in [6.45, 7) is 3.80. The summed E-state index contributed by atoms with van der Waals surface area (Å²) >= 11 is 13.0. The quantitative estimate of drug-likeness (QED) is 0.750. The Bertz CT molecular complexity index is 897. The number of likely N-dealkylation sites (N-methyl/N-ethyl adjacent to an activating group) is 2. The van der Waals surface area contributed by atoms with E-state index >= 15 is 0 Å². The lowest BCUT2D eigenvalue weighted by atomic mass is 10.0. The lowest BCUT2D eigenvalue weighted by molar-refractivity contribution is 0.186. The minimum atomic E-state index is -0.696. The zero-order valence-corrected chi connectivity index (χ0v) is 18.1. The van der Waals surface area contributed by atoms with Gasteiger partial charge in [0.1, 0.15) is 0 Å². The van der Waals surface area contributed by atoms with Crippen LogP contribution in [0.3, 0.4) is 0 Å². The molecule has 1 saturated heterocycles. The van der Waals surface area contributed by atoms with E-state index in [-0.39, 0.29) is 23.1 Å². The van der Waals surface area contributed by atoms with Gasteiger partial charge in [-0.1, -0.05) is 42.3 Å². The van der Waals surface area contributed by atoms with Crippen LogP contribution in [0, 0.1) is 5.95 Å². The number of amides is 2. The molecule has 1 N–H and O–H groups in total. The van der Waals surface area contributed by atoms with E-state index in [9.17, 15) is 9.18 Å². The number of hydrogen-bond donors (Lipinski definition) is 1. The first-order chi connectivity index (χ1) is 13.8. The topological polar surface area (TPSA) is 61.4 Å². The Morgan fingerprint density at radius 1 is 1.38 bits per heavy atom. The van der Waals surface area contributed by atoms with E-state index in [1.807, 2.05) is 21.0 Å². The summed E-state index contributed by atoms with van der Waals surface area (Å²) < 4.78 is 13.4. The number of carbonyl (C=O) groups excluding carboxylic acids is 1. The second-order valence-corrected chi connectivity index (χ2v) is 8.04. The standard InChI is InChI=1S/C20H24Cl2FN5O/c1-4-15(26-20(29)28(3)12-7-8-27(2)11-12)13-5-6-14(19(22)18(13)21)16-9-24-10-17(23)25-16/h5-6,9-10,12,15H,4,7-8,11H2,1-3H3,(H,26,29). The van der Waals surface area contributed by atoms with Gasteiger partial charge in [-0.05, 0) is 32.0 Å². The van der Waals surface area contributed by atoms with Crippen molar-refractivity contribution >= 4 is 29.2 Å². The van der Waals surface area contributed by atoms with Crippen molar-refractivity contribution in [3.05, 3.63) is 46.1 Å². The molecule has 1 aliphatic rings. The summed E-state index contributed by atoms with van der Waals surface area (Å²) in [7, 11) is 3.86. The molecule has 3 rings (SSSR count). The number of benzene rings is 1. The van der Waals surface area contributed by atoms with Crippen molar-refractivity contribution in [2.75, 3.05) is 27.2 Å². The van der Waals surface area contributed by atoms with Gasteiger partial charge in [0.05, 0.1) is 34.2 Å². The normalized spacial score (nSPS) is 17.9. The number of rotatable bonds is 5. The van der Waals surface area contributed by atoms with Gasteiger partial charge in [0.25, 0.3) is 0 Å². The molecule has 0 radical (unpaired) electrons. The maximum atomic E-state index is 13.4. The van der Waals surface area contributed by atoms with E-state index in [1.54, 1.807) is 17.0 Å². The third-order valence-electron chi connectivity index (χ3n) is 5.31. The molecule has 9 heteroatoms. The molecule has 1 aromatic heterocycles. The number of halogens is 3. The Kier molecular flexibility index (Phi) is 6.93. The van der Waals surface area contributed by atoms with Crippen molar-refractivity contribution in [1.29, 1.82) is 0 Å². The van der Waals surface area contributed by atoms with E-state index in [4.69, 9.17) is 23.2 Å². The minimum absolute atomic E-state index is 0.149. The second-order valence-electron chi connectivity index (χ2n) is 7.28. The lowest BCUT2D eigenvalue weighted by Gasteiger charge is -2.28. The molecule has 0 spiro atoms. The Morgan fingerprint density at radius 3 is 2.76 bits per heavy atom. The van der Waals surface area contributed by atoms with Gasteiger partial charge in [0, 0.05) is 25.2 Å². The number of nitrogens with zero attached hydrogens (tertiary/aromatic N) is 4. The van der Waals surface area contributed by atoms with E-state index in [0.29, 0.717) is 28.3 Å². The molecular weight excluding hydrogens is 416 g/mol. The average Bonchev–Trinajstić information content (AvgIpc) is 3.14. The average molecular weight is 440 g/mol. The van der Waals surface area contributed by atoms with Gasteiger partial charge in [0.2, 0.25) is 5.95 Å². The number of urea groups is 1. The van der Waals surface area contributed by atoms with Crippen molar-refractivity contribution in [3.63, 3.8) is 0 Å². The van der Waals surface area contributed by atoms with Crippen LogP contribution >= 0.6 is 23.2 Å². The molecule has 2 atom stereocenters. The third-order valence-corrected chi connectivity index (χ3v) is 6.21. The number of carbonyl (C=O) groups is 1. The molecule has 2 unspecified atom stereocenters. The maximum absolute atomic E-state index is 13.4. The number of aromatic nitrogens is 2. The van der Waals surface area contributed by atoms with Gasteiger partial charge in [-0.25, -0.2) is 9.78 Å². The van der Waals surface area contributed by atoms with Crippen LogP contribution in [0.2, 0.25) is 10.0 Å². The van der Waals surface area contributed by atoms with Crippen molar-refractivity contribution in [3.8, 4) is 11.3 Å². The Morgan fingerprint density at radius 2 is 2.14 bits per heavy atom. The minimum Gasteiger partial charge on any atom is -0.331 e. The van der Waals surface area contributed by atoms with Crippen LogP contribution in [-0.2, 0) is 0 Å². The first kappa shape index (κ1) is 21.7. The number of hydrogen-bond acceptors (Lipinski definition) is 4. The lowest BCUT2D eigenvalue weighted by Crippen LogP contribution is -2.45. The van der Waals surface area contributed by atoms with Crippen LogP contribution in [0.15, 0.2) is 24.5 Å². The molecule has 0 aliphatic carbocycles. The molecule has 0 saturated carbocycles. The predicted molar refractivity (Wildman–Crippen MR) is 113 cm³/mol. The fraction of sp³-hybridized carbons (Fsp3) is 0.450. The van der Waals surface area contributed by atoms with Crippen molar-refractivity contribution in [2.45, 2.75) is 31.8 Å². The van der Waals surface area contributed by atoms with E-state index < -0.39 is 5.95 Å². The summed E-state index contributed by atoms with van der Waals surface area (Å²) in [6.07, 6.45) is 4.04. The summed E-state index contributed by atoms with van der Waals surface area (Å²) in [4.78, 5) is 24.3. The molecule has 2 aromatic rings. The summed E-state index contributed by atoms with van der Waals surface area (Å²) in [6, 6.07) is 3.24. The van der Waals surface area contributed by atoms with Gasteiger partial charge in [-0.3, -0.25) is 4.98 Å². The summed E-state index contributed by atoms with van der Waals surface area (Å²) in [5, 5.41) is 3.61. The fourth-order valence-electron chi connectivity index (χ4n) is 3.55. The number of nitrogens with one attached hydrogen (secondary N) is 1. The molecule has 1 aromatic carbocycles. The SMILES string of the molecule is CCC(NC(=O)N(C)C1CCN(C)C1)c1ccc(-c2cncc(F)n2)c(Cl)c1Cl. The zero-order valence-electron chi connectivity index (χ0n) is 16.6. The molecular formula is C20H24Cl2FN5O. The van der Waals surface area contributed by atoms with Crippen LogP contribution in [-0.4, -0.2) is 59.0 Å². The van der Waals surface area contributed by atoms with E-state index in [2.05, 4.69) is 20.2 Å². The van der Waals surface area contributed by atoms with Crippen molar-refractivity contribution < 1.29 is 9.18 Å². The highest BCUT2D eigenvalue weighted by Crippen LogP contribution is 2.38. The van der Waals surface area contributed by atoms with E-state index in [0.717, 1.165) is 25.7 Å². The largest absolute Gasteiger partial charge is 0.331 e. The van der Waals surface area contributed by atoms with Gasteiger partial charge < -0.3 is 15.1 Å². The van der Waals surface area contributed by atoms with Crippen LogP contribution in [0.25, 0.3) is 11.3 Å². The molecule has 1 fully saturated rings. The Labute approximate surface area is 180 Å². The zero-order chi connectivity index (χ0) is 21.1. The Hall–Kier alpha value is -1.96. The van der Waals surface area contributed by atoms with Gasteiger partial charge >= 0.3 is 6.03 Å². The maximum Gasteiger partial charge on any atom is 0.317 e. The van der Waals surface area contributed by atoms with E-state index in [1.165, 1.54) is 6.20 Å².